The Morgan fingerprint density at radius 1 is 1.33 bits per heavy atom. The van der Waals surface area contributed by atoms with E-state index in [9.17, 15) is 4.79 Å². The van der Waals surface area contributed by atoms with Crippen molar-refractivity contribution >= 4 is 5.91 Å². The van der Waals surface area contributed by atoms with E-state index >= 15 is 0 Å². The van der Waals surface area contributed by atoms with Gasteiger partial charge >= 0.3 is 0 Å². The number of nitrogens with one attached hydrogen (secondary N) is 1. The monoisotopic (exact) mass is 332 g/mol. The molecule has 1 aliphatic heterocycles. The van der Waals surface area contributed by atoms with Gasteiger partial charge in [-0.05, 0) is 50.3 Å². The first-order valence-corrected chi connectivity index (χ1v) is 8.85. The fourth-order valence-electron chi connectivity index (χ4n) is 3.31. The van der Waals surface area contributed by atoms with Crippen LogP contribution < -0.4 is 10.1 Å². The van der Waals surface area contributed by atoms with E-state index < -0.39 is 0 Å². The summed E-state index contributed by atoms with van der Waals surface area (Å²) in [6.07, 6.45) is 2.55. The van der Waals surface area contributed by atoms with E-state index in [0.29, 0.717) is 19.1 Å². The first kappa shape index (κ1) is 17.2. The quantitative estimate of drug-likeness (QED) is 0.869. The van der Waals surface area contributed by atoms with Crippen LogP contribution in [0, 0.1) is 5.92 Å². The van der Waals surface area contributed by atoms with Crippen molar-refractivity contribution in [3.63, 3.8) is 0 Å². The lowest BCUT2D eigenvalue weighted by Gasteiger charge is -2.36. The summed E-state index contributed by atoms with van der Waals surface area (Å²) >= 11 is 0. The summed E-state index contributed by atoms with van der Waals surface area (Å²) in [5.74, 6) is 1.50. The molecular formula is C19H28N2O3. The number of carbonyl (C=O) groups excluding carboxylic acids is 1. The Hall–Kier alpha value is -1.59. The predicted octanol–water partition coefficient (Wildman–Crippen LogP) is 2.37. The van der Waals surface area contributed by atoms with Crippen LogP contribution in [0.25, 0.3) is 0 Å². The molecule has 1 aromatic rings. The second-order valence-electron chi connectivity index (χ2n) is 7.08. The first-order valence-electron chi connectivity index (χ1n) is 8.85. The minimum atomic E-state index is 0.101. The minimum absolute atomic E-state index is 0.101. The van der Waals surface area contributed by atoms with Crippen LogP contribution in [0.1, 0.15) is 38.3 Å². The molecule has 1 amide bonds. The van der Waals surface area contributed by atoms with Gasteiger partial charge in [0.05, 0.1) is 32.4 Å². The van der Waals surface area contributed by atoms with Crippen LogP contribution in [0.4, 0.5) is 0 Å². The third kappa shape index (κ3) is 4.28. The number of hydrogen-bond acceptors (Lipinski definition) is 4. The van der Waals surface area contributed by atoms with Crippen LogP contribution in [-0.2, 0) is 9.53 Å². The van der Waals surface area contributed by atoms with Crippen molar-refractivity contribution in [1.29, 1.82) is 0 Å². The zero-order valence-electron chi connectivity index (χ0n) is 14.8. The summed E-state index contributed by atoms with van der Waals surface area (Å²) in [6.45, 7) is 6.11. The van der Waals surface area contributed by atoms with E-state index in [1.807, 2.05) is 12.1 Å². The molecule has 2 fully saturated rings. The fraction of sp³-hybridized carbons (Fsp3) is 0.632. The highest BCUT2D eigenvalue weighted by Gasteiger charge is 2.34. The summed E-state index contributed by atoms with van der Waals surface area (Å²) in [7, 11) is 1.67. The van der Waals surface area contributed by atoms with Crippen LogP contribution in [0.3, 0.4) is 0 Å². The standard InChI is InChI=1S/C19H28N2O3/c1-13-12-24-14(2)10-21(13)11-18(22)20-19(15-4-5-15)16-6-8-17(23-3)9-7-16/h6-9,13-15,19H,4-5,10-12H2,1-3H3,(H,20,22). The molecule has 132 valence electrons. The molecule has 0 bridgehead atoms. The molecule has 1 N–H and O–H groups in total. The Bertz CT molecular complexity index is 556. The average Bonchev–Trinajstić information content (AvgIpc) is 3.41. The van der Waals surface area contributed by atoms with Gasteiger partial charge in [0.15, 0.2) is 0 Å². The molecule has 5 heteroatoms. The van der Waals surface area contributed by atoms with Gasteiger partial charge in [-0.25, -0.2) is 0 Å². The summed E-state index contributed by atoms with van der Waals surface area (Å²) in [4.78, 5) is 14.8. The van der Waals surface area contributed by atoms with E-state index in [-0.39, 0.29) is 24.1 Å². The van der Waals surface area contributed by atoms with E-state index in [2.05, 4.69) is 36.2 Å². The third-order valence-electron chi connectivity index (χ3n) is 4.97. The molecule has 3 atom stereocenters. The summed E-state index contributed by atoms with van der Waals surface area (Å²) in [6, 6.07) is 8.43. The zero-order chi connectivity index (χ0) is 17.1. The summed E-state index contributed by atoms with van der Waals surface area (Å²) < 4.78 is 10.9. The number of methoxy groups -OCH3 is 1. The lowest BCUT2D eigenvalue weighted by Crippen LogP contribution is -2.51. The van der Waals surface area contributed by atoms with Crippen molar-refractivity contribution in [2.45, 2.75) is 44.9 Å². The van der Waals surface area contributed by atoms with Gasteiger partial charge in [-0.3, -0.25) is 9.69 Å². The van der Waals surface area contributed by atoms with Crippen LogP contribution >= 0.6 is 0 Å². The molecule has 3 rings (SSSR count). The zero-order valence-corrected chi connectivity index (χ0v) is 14.8. The molecule has 2 aliphatic rings. The van der Waals surface area contributed by atoms with E-state index in [1.54, 1.807) is 7.11 Å². The smallest absolute Gasteiger partial charge is 0.234 e. The second-order valence-corrected chi connectivity index (χ2v) is 7.08. The third-order valence-corrected chi connectivity index (χ3v) is 4.97. The van der Waals surface area contributed by atoms with Gasteiger partial charge in [-0.2, -0.15) is 0 Å². The number of nitrogens with zero attached hydrogens (tertiary/aromatic N) is 1. The Morgan fingerprint density at radius 3 is 2.67 bits per heavy atom. The minimum Gasteiger partial charge on any atom is -0.497 e. The highest BCUT2D eigenvalue weighted by atomic mass is 16.5. The van der Waals surface area contributed by atoms with Gasteiger partial charge in [0.25, 0.3) is 0 Å². The van der Waals surface area contributed by atoms with Gasteiger partial charge in [-0.1, -0.05) is 12.1 Å². The van der Waals surface area contributed by atoms with Gasteiger partial charge < -0.3 is 14.8 Å². The van der Waals surface area contributed by atoms with Crippen molar-refractivity contribution in [2.24, 2.45) is 5.92 Å². The van der Waals surface area contributed by atoms with Gasteiger partial charge in [0.2, 0.25) is 5.91 Å². The van der Waals surface area contributed by atoms with E-state index in [4.69, 9.17) is 9.47 Å². The molecular weight excluding hydrogens is 304 g/mol. The summed E-state index contributed by atoms with van der Waals surface area (Å²) in [5.41, 5.74) is 1.16. The average molecular weight is 332 g/mol. The van der Waals surface area contributed by atoms with Crippen molar-refractivity contribution in [3.05, 3.63) is 29.8 Å². The van der Waals surface area contributed by atoms with E-state index in [1.165, 1.54) is 12.8 Å². The van der Waals surface area contributed by atoms with Crippen molar-refractivity contribution in [2.75, 3.05) is 26.8 Å². The molecule has 5 nitrogen and oxygen atoms in total. The maximum Gasteiger partial charge on any atom is 0.234 e. The number of ether oxygens (including phenoxy) is 2. The van der Waals surface area contributed by atoms with Gasteiger partial charge in [0.1, 0.15) is 5.75 Å². The van der Waals surface area contributed by atoms with Gasteiger partial charge in [-0.15, -0.1) is 0 Å². The van der Waals surface area contributed by atoms with Crippen molar-refractivity contribution in [1.82, 2.24) is 10.2 Å². The SMILES string of the molecule is COc1ccc(C(NC(=O)CN2CC(C)OCC2C)C2CC2)cc1. The molecule has 1 saturated carbocycles. The lowest BCUT2D eigenvalue weighted by atomic mass is 10.0. The Morgan fingerprint density at radius 2 is 2.04 bits per heavy atom. The topological polar surface area (TPSA) is 50.8 Å². The molecule has 1 heterocycles. The molecule has 24 heavy (non-hydrogen) atoms. The van der Waals surface area contributed by atoms with Gasteiger partial charge in [0, 0.05) is 12.6 Å². The van der Waals surface area contributed by atoms with Crippen LogP contribution in [0.2, 0.25) is 0 Å². The molecule has 1 aliphatic carbocycles. The van der Waals surface area contributed by atoms with Crippen LogP contribution in [0.5, 0.6) is 5.75 Å². The summed E-state index contributed by atoms with van der Waals surface area (Å²) in [5, 5.41) is 3.25. The molecule has 3 unspecified atom stereocenters. The van der Waals surface area contributed by atoms with Crippen molar-refractivity contribution < 1.29 is 14.3 Å². The molecule has 0 radical (unpaired) electrons. The number of morpholine rings is 1. The highest BCUT2D eigenvalue weighted by molar-refractivity contribution is 5.78. The Kier molecular flexibility index (Phi) is 5.41. The highest BCUT2D eigenvalue weighted by Crippen LogP contribution is 2.41. The molecule has 1 aromatic carbocycles. The Balaban J connectivity index is 1.61. The number of benzene rings is 1. The molecule has 0 spiro atoms. The van der Waals surface area contributed by atoms with E-state index in [0.717, 1.165) is 17.9 Å². The number of rotatable bonds is 6. The second kappa shape index (κ2) is 7.53. The molecule has 0 aromatic heterocycles. The van der Waals surface area contributed by atoms with Crippen LogP contribution in [0.15, 0.2) is 24.3 Å². The maximum absolute atomic E-state index is 12.6. The normalized spacial score (nSPS) is 26.0. The van der Waals surface area contributed by atoms with Crippen molar-refractivity contribution in [3.8, 4) is 5.75 Å². The largest absolute Gasteiger partial charge is 0.497 e. The molecule has 1 saturated heterocycles. The Labute approximate surface area is 144 Å². The fourth-order valence-corrected chi connectivity index (χ4v) is 3.31. The number of hydrogen-bond donors (Lipinski definition) is 1. The maximum atomic E-state index is 12.6. The number of amides is 1. The van der Waals surface area contributed by atoms with Crippen LogP contribution in [-0.4, -0.2) is 49.8 Å². The predicted molar refractivity (Wildman–Crippen MR) is 93.1 cm³/mol. The first-order chi connectivity index (χ1) is 11.6. The number of carbonyl (C=O) groups is 1. The lowest BCUT2D eigenvalue weighted by molar-refractivity contribution is -0.126.